The number of anilines is 1. The molecule has 0 aromatic heterocycles. The zero-order chi connectivity index (χ0) is 13.8. The molecule has 0 bridgehead atoms. The van der Waals surface area contributed by atoms with Crippen LogP contribution in [0.1, 0.15) is 12.5 Å². The highest BCUT2D eigenvalue weighted by molar-refractivity contribution is 5.93. The maximum Gasteiger partial charge on any atom is 0.393 e. The van der Waals surface area contributed by atoms with E-state index in [1.165, 1.54) is 18.2 Å². The number of halogens is 3. The van der Waals surface area contributed by atoms with Crippen LogP contribution in [0.4, 0.5) is 18.9 Å². The van der Waals surface area contributed by atoms with Gasteiger partial charge in [0, 0.05) is 18.2 Å². The van der Waals surface area contributed by atoms with Crippen molar-refractivity contribution in [2.45, 2.75) is 19.5 Å². The lowest BCUT2D eigenvalue weighted by molar-refractivity contribution is -0.127. The predicted molar refractivity (Wildman–Crippen MR) is 63.0 cm³/mol. The van der Waals surface area contributed by atoms with E-state index in [1.807, 2.05) is 0 Å². The molecular weight excluding hydrogens is 245 g/mol. The quantitative estimate of drug-likeness (QED) is 0.873. The molecule has 0 spiro atoms. The van der Waals surface area contributed by atoms with E-state index in [4.69, 9.17) is 5.73 Å². The fourth-order valence-electron chi connectivity index (χ4n) is 1.38. The average molecular weight is 260 g/mol. The molecule has 0 saturated heterocycles. The van der Waals surface area contributed by atoms with Gasteiger partial charge < -0.3 is 11.1 Å². The van der Waals surface area contributed by atoms with Crippen molar-refractivity contribution >= 4 is 11.6 Å². The molecule has 1 aromatic rings. The Morgan fingerprint density at radius 3 is 2.56 bits per heavy atom. The molecule has 1 aromatic carbocycles. The van der Waals surface area contributed by atoms with E-state index >= 15 is 0 Å². The van der Waals surface area contributed by atoms with Gasteiger partial charge in [0.05, 0.1) is 6.42 Å². The molecule has 1 amide bonds. The van der Waals surface area contributed by atoms with Gasteiger partial charge in [0.25, 0.3) is 0 Å². The minimum absolute atomic E-state index is 0.0440. The van der Waals surface area contributed by atoms with Crippen molar-refractivity contribution in [3.63, 3.8) is 0 Å². The van der Waals surface area contributed by atoms with Crippen molar-refractivity contribution < 1.29 is 18.0 Å². The number of nitrogens with one attached hydrogen (secondary N) is 1. The third-order valence-corrected chi connectivity index (χ3v) is 2.47. The molecular formula is C12H15F3N2O. The number of carbonyl (C=O) groups is 1. The smallest absolute Gasteiger partial charge is 0.330 e. The summed E-state index contributed by atoms with van der Waals surface area (Å²) in [4.78, 5) is 11.6. The highest BCUT2D eigenvalue weighted by Gasteiger charge is 2.29. The van der Waals surface area contributed by atoms with Crippen LogP contribution in [-0.4, -0.2) is 18.6 Å². The van der Waals surface area contributed by atoms with Gasteiger partial charge in [-0.3, -0.25) is 4.79 Å². The summed E-state index contributed by atoms with van der Waals surface area (Å²) in [5.41, 5.74) is 5.55. The number of benzene rings is 1. The standard InChI is InChI=1S/C12H15F3N2O/c1-8(7-16)11(18)17-10-5-3-2-4-9(10)6-12(13,14)15/h2-5,8H,6-7,16H2,1H3,(H,17,18). The van der Waals surface area contributed by atoms with E-state index in [0.717, 1.165) is 0 Å². The van der Waals surface area contributed by atoms with Gasteiger partial charge in [0.15, 0.2) is 0 Å². The van der Waals surface area contributed by atoms with Crippen molar-refractivity contribution in [2.75, 3.05) is 11.9 Å². The fraction of sp³-hybridized carbons (Fsp3) is 0.417. The van der Waals surface area contributed by atoms with Crippen molar-refractivity contribution in [3.05, 3.63) is 29.8 Å². The Hall–Kier alpha value is -1.56. The van der Waals surface area contributed by atoms with Crippen LogP contribution in [-0.2, 0) is 11.2 Å². The second kappa shape index (κ2) is 5.86. The Kier molecular flexibility index (Phi) is 4.72. The Morgan fingerprint density at radius 1 is 1.39 bits per heavy atom. The number of hydrogen-bond donors (Lipinski definition) is 2. The molecule has 0 heterocycles. The van der Waals surface area contributed by atoms with Gasteiger partial charge in [-0.25, -0.2) is 0 Å². The average Bonchev–Trinajstić information content (AvgIpc) is 2.28. The number of rotatable bonds is 4. The Balaban J connectivity index is 2.86. The SMILES string of the molecule is CC(CN)C(=O)Nc1ccccc1CC(F)(F)F. The number of hydrogen-bond acceptors (Lipinski definition) is 2. The van der Waals surface area contributed by atoms with Gasteiger partial charge in [-0.15, -0.1) is 0 Å². The largest absolute Gasteiger partial charge is 0.393 e. The Bertz CT molecular complexity index is 418. The van der Waals surface area contributed by atoms with Crippen molar-refractivity contribution in [2.24, 2.45) is 11.7 Å². The molecule has 0 aliphatic carbocycles. The molecule has 0 aliphatic heterocycles. The van der Waals surface area contributed by atoms with Gasteiger partial charge in [-0.2, -0.15) is 13.2 Å². The number of nitrogens with two attached hydrogens (primary N) is 1. The van der Waals surface area contributed by atoms with Gasteiger partial charge in [0.2, 0.25) is 5.91 Å². The Labute approximate surface area is 103 Å². The summed E-state index contributed by atoms with van der Waals surface area (Å²) in [5.74, 6) is -0.823. The summed E-state index contributed by atoms with van der Waals surface area (Å²) in [6.07, 6.45) is -5.37. The van der Waals surface area contributed by atoms with Crippen LogP contribution in [0.2, 0.25) is 0 Å². The van der Waals surface area contributed by atoms with E-state index in [1.54, 1.807) is 13.0 Å². The maximum absolute atomic E-state index is 12.4. The van der Waals surface area contributed by atoms with Crippen molar-refractivity contribution in [3.8, 4) is 0 Å². The molecule has 6 heteroatoms. The van der Waals surface area contributed by atoms with Crippen LogP contribution in [0.15, 0.2) is 24.3 Å². The summed E-state index contributed by atoms with van der Waals surface area (Å²) < 4.78 is 37.1. The first-order chi connectivity index (χ1) is 8.33. The first kappa shape index (κ1) is 14.5. The van der Waals surface area contributed by atoms with E-state index < -0.39 is 18.5 Å². The van der Waals surface area contributed by atoms with E-state index in [-0.39, 0.29) is 23.7 Å². The van der Waals surface area contributed by atoms with E-state index in [9.17, 15) is 18.0 Å². The molecule has 0 radical (unpaired) electrons. The second-order valence-corrected chi connectivity index (χ2v) is 4.08. The van der Waals surface area contributed by atoms with Crippen LogP contribution >= 0.6 is 0 Å². The number of alkyl halides is 3. The lowest BCUT2D eigenvalue weighted by Crippen LogP contribution is -2.27. The van der Waals surface area contributed by atoms with Crippen LogP contribution < -0.4 is 11.1 Å². The molecule has 100 valence electrons. The Morgan fingerprint density at radius 2 is 2.00 bits per heavy atom. The first-order valence-corrected chi connectivity index (χ1v) is 5.49. The third-order valence-electron chi connectivity index (χ3n) is 2.47. The van der Waals surface area contributed by atoms with Gasteiger partial charge in [-0.1, -0.05) is 25.1 Å². The summed E-state index contributed by atoms with van der Waals surface area (Å²) in [7, 11) is 0. The summed E-state index contributed by atoms with van der Waals surface area (Å²) in [6, 6.07) is 5.87. The molecule has 3 nitrogen and oxygen atoms in total. The van der Waals surface area contributed by atoms with Crippen LogP contribution in [0, 0.1) is 5.92 Å². The zero-order valence-electron chi connectivity index (χ0n) is 9.92. The van der Waals surface area contributed by atoms with Crippen molar-refractivity contribution in [1.29, 1.82) is 0 Å². The normalized spacial score (nSPS) is 13.2. The topological polar surface area (TPSA) is 55.1 Å². The van der Waals surface area contributed by atoms with E-state index in [0.29, 0.717) is 0 Å². The minimum Gasteiger partial charge on any atom is -0.330 e. The molecule has 1 atom stereocenters. The molecule has 0 saturated carbocycles. The highest BCUT2D eigenvalue weighted by Crippen LogP contribution is 2.26. The number of amides is 1. The summed E-state index contributed by atoms with van der Waals surface area (Å²) in [6.45, 7) is 1.76. The van der Waals surface area contributed by atoms with Crippen LogP contribution in [0.5, 0.6) is 0 Å². The monoisotopic (exact) mass is 260 g/mol. The minimum atomic E-state index is -4.31. The van der Waals surface area contributed by atoms with Gasteiger partial charge >= 0.3 is 6.18 Å². The number of carbonyl (C=O) groups excluding carboxylic acids is 1. The maximum atomic E-state index is 12.4. The number of para-hydroxylation sites is 1. The molecule has 18 heavy (non-hydrogen) atoms. The van der Waals surface area contributed by atoms with Crippen LogP contribution in [0.25, 0.3) is 0 Å². The summed E-state index contributed by atoms with van der Waals surface area (Å²) in [5, 5.41) is 2.46. The third kappa shape index (κ3) is 4.37. The molecule has 1 rings (SSSR count). The molecule has 0 aliphatic rings. The fourth-order valence-corrected chi connectivity index (χ4v) is 1.38. The highest BCUT2D eigenvalue weighted by atomic mass is 19.4. The van der Waals surface area contributed by atoms with Gasteiger partial charge in [0.1, 0.15) is 0 Å². The molecule has 3 N–H and O–H groups in total. The second-order valence-electron chi connectivity index (χ2n) is 4.08. The first-order valence-electron chi connectivity index (χ1n) is 5.49. The zero-order valence-corrected chi connectivity index (χ0v) is 9.92. The summed E-state index contributed by atoms with van der Waals surface area (Å²) >= 11 is 0. The lowest BCUT2D eigenvalue weighted by atomic mass is 10.1. The van der Waals surface area contributed by atoms with Crippen LogP contribution in [0.3, 0.4) is 0 Å². The van der Waals surface area contributed by atoms with E-state index in [2.05, 4.69) is 5.32 Å². The predicted octanol–water partition coefficient (Wildman–Crippen LogP) is 2.32. The lowest BCUT2D eigenvalue weighted by Gasteiger charge is -2.14. The molecule has 0 fully saturated rings. The van der Waals surface area contributed by atoms with Gasteiger partial charge in [-0.05, 0) is 11.6 Å². The molecule has 1 unspecified atom stereocenters. The van der Waals surface area contributed by atoms with Crippen molar-refractivity contribution in [1.82, 2.24) is 0 Å².